The Kier molecular flexibility index (Phi) is 8.34. The first-order chi connectivity index (χ1) is 14.5. The van der Waals surface area contributed by atoms with E-state index in [4.69, 9.17) is 11.6 Å². The molecular formula is C23H30ClFN4O. The van der Waals surface area contributed by atoms with Gasteiger partial charge in [-0.3, -0.25) is 0 Å². The first kappa shape index (κ1) is 22.4. The Labute approximate surface area is 183 Å². The minimum Gasteiger partial charge on any atom is -0.393 e. The maximum absolute atomic E-state index is 14.6. The van der Waals surface area contributed by atoms with Crippen molar-refractivity contribution in [1.82, 2.24) is 10.6 Å². The molecule has 0 radical (unpaired) electrons. The molecule has 0 saturated carbocycles. The van der Waals surface area contributed by atoms with Crippen molar-refractivity contribution < 1.29 is 9.50 Å². The van der Waals surface area contributed by atoms with E-state index in [2.05, 4.69) is 15.6 Å². The summed E-state index contributed by atoms with van der Waals surface area (Å²) in [4.78, 5) is 6.58. The van der Waals surface area contributed by atoms with Crippen LogP contribution >= 0.6 is 11.6 Å². The number of hydrogen-bond donors (Lipinski definition) is 3. The molecule has 0 amide bonds. The number of hydrogen-bond acceptors (Lipinski definition) is 3. The van der Waals surface area contributed by atoms with Crippen molar-refractivity contribution in [2.75, 3.05) is 31.1 Å². The minimum atomic E-state index is -0.270. The summed E-state index contributed by atoms with van der Waals surface area (Å²) >= 11 is 6.03. The summed E-state index contributed by atoms with van der Waals surface area (Å²) in [7, 11) is 0. The molecule has 1 heterocycles. The fourth-order valence-electron chi connectivity index (χ4n) is 3.54. The number of rotatable bonds is 7. The molecule has 2 aromatic carbocycles. The molecule has 0 aromatic heterocycles. The first-order valence-corrected chi connectivity index (χ1v) is 10.9. The van der Waals surface area contributed by atoms with Gasteiger partial charge in [0.05, 0.1) is 18.3 Å². The van der Waals surface area contributed by atoms with Gasteiger partial charge < -0.3 is 20.6 Å². The Hall–Kier alpha value is -2.31. The van der Waals surface area contributed by atoms with Crippen molar-refractivity contribution in [1.29, 1.82) is 0 Å². The molecule has 0 unspecified atom stereocenters. The third kappa shape index (κ3) is 6.61. The van der Waals surface area contributed by atoms with Gasteiger partial charge in [-0.15, -0.1) is 0 Å². The molecule has 5 nitrogen and oxygen atoms in total. The zero-order valence-corrected chi connectivity index (χ0v) is 18.1. The van der Waals surface area contributed by atoms with E-state index < -0.39 is 0 Å². The SMILES string of the molecule is CCNC(=NCc1ccc(N2CCC(O)CC2)c(F)c1)NCCc1cccc(Cl)c1. The normalized spacial score (nSPS) is 15.3. The fraction of sp³-hybridized carbons (Fsp3) is 0.435. The van der Waals surface area contributed by atoms with Crippen LogP contribution in [0.3, 0.4) is 0 Å². The molecule has 0 atom stereocenters. The summed E-state index contributed by atoms with van der Waals surface area (Å²) in [5.74, 6) is 0.465. The summed E-state index contributed by atoms with van der Waals surface area (Å²) < 4.78 is 14.6. The number of aliphatic hydroxyl groups is 1. The third-order valence-electron chi connectivity index (χ3n) is 5.18. The van der Waals surface area contributed by atoms with Gasteiger partial charge in [-0.05, 0) is 61.6 Å². The number of halogens is 2. The Morgan fingerprint density at radius 1 is 1.17 bits per heavy atom. The number of aliphatic imine (C=N–C) groups is 1. The number of anilines is 1. The minimum absolute atomic E-state index is 0.238. The largest absolute Gasteiger partial charge is 0.393 e. The van der Waals surface area contributed by atoms with Crippen LogP contribution in [0.2, 0.25) is 5.02 Å². The van der Waals surface area contributed by atoms with Gasteiger partial charge in [-0.25, -0.2) is 9.38 Å². The van der Waals surface area contributed by atoms with E-state index in [1.807, 2.05) is 48.2 Å². The van der Waals surface area contributed by atoms with Crippen molar-refractivity contribution in [3.63, 3.8) is 0 Å². The van der Waals surface area contributed by atoms with Gasteiger partial charge in [0.1, 0.15) is 5.82 Å². The zero-order valence-electron chi connectivity index (χ0n) is 17.4. The molecule has 1 saturated heterocycles. The molecule has 3 rings (SSSR count). The quantitative estimate of drug-likeness (QED) is 0.461. The maximum Gasteiger partial charge on any atom is 0.191 e. The topological polar surface area (TPSA) is 59.9 Å². The highest BCUT2D eigenvalue weighted by atomic mass is 35.5. The Balaban J connectivity index is 1.56. The predicted octanol–water partition coefficient (Wildman–Crippen LogP) is 3.74. The molecule has 30 heavy (non-hydrogen) atoms. The van der Waals surface area contributed by atoms with Crippen LogP contribution in [0.5, 0.6) is 0 Å². The number of benzene rings is 2. The van der Waals surface area contributed by atoms with Crippen LogP contribution in [0.4, 0.5) is 10.1 Å². The van der Waals surface area contributed by atoms with E-state index in [0.29, 0.717) is 44.1 Å². The van der Waals surface area contributed by atoms with Gasteiger partial charge in [0.15, 0.2) is 5.96 Å². The highest BCUT2D eigenvalue weighted by Gasteiger charge is 2.19. The van der Waals surface area contributed by atoms with Crippen molar-refractivity contribution >= 4 is 23.2 Å². The molecule has 1 fully saturated rings. The van der Waals surface area contributed by atoms with Crippen molar-refractivity contribution in [2.45, 2.75) is 38.8 Å². The Morgan fingerprint density at radius 2 is 1.97 bits per heavy atom. The van der Waals surface area contributed by atoms with Gasteiger partial charge >= 0.3 is 0 Å². The van der Waals surface area contributed by atoms with Crippen LogP contribution in [0.15, 0.2) is 47.5 Å². The van der Waals surface area contributed by atoms with E-state index in [1.54, 1.807) is 6.07 Å². The molecule has 1 aliphatic heterocycles. The van der Waals surface area contributed by atoms with Crippen LogP contribution in [0.25, 0.3) is 0 Å². The maximum atomic E-state index is 14.6. The average Bonchev–Trinajstić information content (AvgIpc) is 2.73. The monoisotopic (exact) mass is 432 g/mol. The first-order valence-electron chi connectivity index (χ1n) is 10.5. The predicted molar refractivity (Wildman–Crippen MR) is 122 cm³/mol. The van der Waals surface area contributed by atoms with Crippen molar-refractivity contribution in [2.24, 2.45) is 4.99 Å². The average molecular weight is 433 g/mol. The number of nitrogens with one attached hydrogen (secondary N) is 2. The summed E-state index contributed by atoms with van der Waals surface area (Å²) in [6, 6.07) is 13.1. The zero-order chi connectivity index (χ0) is 21.3. The van der Waals surface area contributed by atoms with E-state index in [-0.39, 0.29) is 11.9 Å². The number of piperidine rings is 1. The second kappa shape index (κ2) is 11.2. The molecule has 0 spiro atoms. The van der Waals surface area contributed by atoms with Crippen LogP contribution in [-0.2, 0) is 13.0 Å². The third-order valence-corrected chi connectivity index (χ3v) is 5.41. The van der Waals surface area contributed by atoms with E-state index >= 15 is 0 Å². The van der Waals surface area contributed by atoms with Crippen LogP contribution < -0.4 is 15.5 Å². The van der Waals surface area contributed by atoms with Gasteiger partial charge in [0.25, 0.3) is 0 Å². The smallest absolute Gasteiger partial charge is 0.191 e. The van der Waals surface area contributed by atoms with Gasteiger partial charge in [-0.1, -0.05) is 29.8 Å². The lowest BCUT2D eigenvalue weighted by atomic mass is 10.1. The van der Waals surface area contributed by atoms with E-state index in [0.717, 1.165) is 35.7 Å². The van der Waals surface area contributed by atoms with Gasteiger partial charge in [0, 0.05) is 31.2 Å². The standard InChI is InChI=1S/C23H30ClFN4O/c1-2-26-23(27-11-8-17-4-3-5-19(24)14-17)28-16-18-6-7-22(21(25)15-18)29-12-9-20(30)10-13-29/h3-7,14-15,20,30H,2,8-13,16H2,1H3,(H2,26,27,28). The summed E-state index contributed by atoms with van der Waals surface area (Å²) in [6.45, 7) is 5.23. The van der Waals surface area contributed by atoms with E-state index in [9.17, 15) is 9.50 Å². The van der Waals surface area contributed by atoms with Crippen LogP contribution in [-0.4, -0.2) is 43.3 Å². The van der Waals surface area contributed by atoms with Gasteiger partial charge in [0.2, 0.25) is 0 Å². The lowest BCUT2D eigenvalue weighted by molar-refractivity contribution is 0.145. The number of aliphatic hydroxyl groups excluding tert-OH is 1. The molecular weight excluding hydrogens is 403 g/mol. The molecule has 1 aliphatic rings. The second-order valence-corrected chi connectivity index (χ2v) is 7.94. The molecule has 0 aliphatic carbocycles. The number of nitrogens with zero attached hydrogens (tertiary/aromatic N) is 2. The second-order valence-electron chi connectivity index (χ2n) is 7.51. The highest BCUT2D eigenvalue weighted by molar-refractivity contribution is 6.30. The molecule has 162 valence electrons. The van der Waals surface area contributed by atoms with Gasteiger partial charge in [-0.2, -0.15) is 0 Å². The summed E-state index contributed by atoms with van der Waals surface area (Å²) in [5, 5.41) is 16.9. The molecule has 7 heteroatoms. The highest BCUT2D eigenvalue weighted by Crippen LogP contribution is 2.24. The molecule has 2 aromatic rings. The van der Waals surface area contributed by atoms with Crippen molar-refractivity contribution in [3.05, 3.63) is 64.4 Å². The summed E-state index contributed by atoms with van der Waals surface area (Å²) in [6.07, 6.45) is 1.92. The number of guanidine groups is 1. The Bertz CT molecular complexity index is 853. The Morgan fingerprint density at radius 3 is 2.67 bits per heavy atom. The summed E-state index contributed by atoms with van der Waals surface area (Å²) in [5.41, 5.74) is 2.58. The van der Waals surface area contributed by atoms with E-state index in [1.165, 1.54) is 0 Å². The lowest BCUT2D eigenvalue weighted by Crippen LogP contribution is -2.38. The van der Waals surface area contributed by atoms with Crippen LogP contribution in [0, 0.1) is 5.82 Å². The molecule has 3 N–H and O–H groups in total. The van der Waals surface area contributed by atoms with Crippen molar-refractivity contribution in [3.8, 4) is 0 Å². The fourth-order valence-corrected chi connectivity index (χ4v) is 3.75. The molecule has 0 bridgehead atoms. The lowest BCUT2D eigenvalue weighted by Gasteiger charge is -2.31. The van der Waals surface area contributed by atoms with Crippen LogP contribution in [0.1, 0.15) is 30.9 Å².